The van der Waals surface area contributed by atoms with Gasteiger partial charge in [0.15, 0.2) is 0 Å². The first kappa shape index (κ1) is 14.9. The highest BCUT2D eigenvalue weighted by Crippen LogP contribution is 2.08. The van der Waals surface area contributed by atoms with E-state index in [-0.39, 0.29) is 12.1 Å². The fraction of sp³-hybridized carbons (Fsp3) is 0.267. The lowest BCUT2D eigenvalue weighted by atomic mass is 10.2. The number of aryl methyl sites for hydroxylation is 1. The molecule has 110 valence electrons. The summed E-state index contributed by atoms with van der Waals surface area (Å²) in [6, 6.07) is 7.00. The molecule has 0 aliphatic rings. The molecule has 0 aliphatic carbocycles. The van der Waals surface area contributed by atoms with Crippen molar-refractivity contribution in [1.82, 2.24) is 9.55 Å². The average Bonchev–Trinajstić information content (AvgIpc) is 2.42. The number of aromatic nitrogens is 2. The van der Waals surface area contributed by atoms with E-state index in [0.717, 1.165) is 12.8 Å². The van der Waals surface area contributed by atoms with Gasteiger partial charge in [-0.25, -0.2) is 9.37 Å². The minimum Gasteiger partial charge on any atom is -0.324 e. The Kier molecular flexibility index (Phi) is 4.81. The maximum atomic E-state index is 13.0. The van der Waals surface area contributed by atoms with Crippen LogP contribution in [0.5, 0.6) is 0 Å². The van der Waals surface area contributed by atoms with Crippen LogP contribution < -0.4 is 10.9 Å². The van der Waals surface area contributed by atoms with Crippen LogP contribution in [-0.2, 0) is 17.8 Å². The molecule has 1 N–H and O–H groups in total. The van der Waals surface area contributed by atoms with Crippen LogP contribution in [0.1, 0.15) is 19.0 Å². The fourth-order valence-electron chi connectivity index (χ4n) is 1.90. The molecule has 0 saturated carbocycles. The van der Waals surface area contributed by atoms with Gasteiger partial charge in [-0.2, -0.15) is 0 Å². The largest absolute Gasteiger partial charge is 0.324 e. The minimum atomic E-state index is -0.435. The van der Waals surface area contributed by atoms with E-state index in [2.05, 4.69) is 10.3 Å². The highest BCUT2D eigenvalue weighted by molar-refractivity contribution is 5.90. The zero-order valence-electron chi connectivity index (χ0n) is 11.7. The van der Waals surface area contributed by atoms with Crippen LogP contribution >= 0.6 is 0 Å². The highest BCUT2D eigenvalue weighted by atomic mass is 19.1. The van der Waals surface area contributed by atoms with Gasteiger partial charge in [0.05, 0.1) is 6.33 Å². The molecule has 0 bridgehead atoms. The molecule has 0 aliphatic heterocycles. The number of carbonyl (C=O) groups excluding carboxylic acids is 1. The molecule has 0 fully saturated rings. The Morgan fingerprint density at radius 1 is 1.38 bits per heavy atom. The van der Waals surface area contributed by atoms with Crippen molar-refractivity contribution < 1.29 is 9.18 Å². The molecule has 1 aromatic heterocycles. The third-order valence-electron chi connectivity index (χ3n) is 2.86. The molecule has 1 aromatic carbocycles. The lowest BCUT2D eigenvalue weighted by Crippen LogP contribution is -2.27. The number of amides is 1. The second-order valence-corrected chi connectivity index (χ2v) is 4.65. The van der Waals surface area contributed by atoms with Crippen molar-refractivity contribution in [1.29, 1.82) is 0 Å². The standard InChI is InChI=1S/C15H16FN3O2/c1-2-4-12-8-15(21)19(10-17-12)9-14(20)18-13-6-3-5-11(16)7-13/h3,5-8,10H,2,4,9H2,1H3,(H,18,20). The summed E-state index contributed by atoms with van der Waals surface area (Å²) < 4.78 is 14.2. The number of hydrogen-bond acceptors (Lipinski definition) is 3. The summed E-state index contributed by atoms with van der Waals surface area (Å²) in [6.07, 6.45) is 2.99. The topological polar surface area (TPSA) is 64.0 Å². The molecule has 0 saturated heterocycles. The van der Waals surface area contributed by atoms with Crippen molar-refractivity contribution in [2.45, 2.75) is 26.3 Å². The van der Waals surface area contributed by atoms with Gasteiger partial charge in [-0.15, -0.1) is 0 Å². The van der Waals surface area contributed by atoms with Gasteiger partial charge in [-0.05, 0) is 24.6 Å². The zero-order chi connectivity index (χ0) is 15.2. The van der Waals surface area contributed by atoms with Crippen molar-refractivity contribution in [2.75, 3.05) is 5.32 Å². The summed E-state index contributed by atoms with van der Waals surface area (Å²) in [5.74, 6) is -0.844. The Morgan fingerprint density at radius 2 is 2.19 bits per heavy atom. The molecule has 0 radical (unpaired) electrons. The van der Waals surface area contributed by atoms with Crippen molar-refractivity contribution in [3.63, 3.8) is 0 Å². The summed E-state index contributed by atoms with van der Waals surface area (Å²) in [6.45, 7) is 1.84. The normalized spacial score (nSPS) is 10.4. The zero-order valence-corrected chi connectivity index (χ0v) is 11.7. The number of nitrogens with one attached hydrogen (secondary N) is 1. The molecule has 2 rings (SSSR count). The molecule has 5 nitrogen and oxygen atoms in total. The Hall–Kier alpha value is -2.50. The molecule has 2 aromatic rings. The Morgan fingerprint density at radius 3 is 2.86 bits per heavy atom. The van der Waals surface area contributed by atoms with Gasteiger partial charge < -0.3 is 5.32 Å². The van der Waals surface area contributed by atoms with Crippen molar-refractivity contribution >= 4 is 11.6 Å². The second kappa shape index (κ2) is 6.78. The lowest BCUT2D eigenvalue weighted by Gasteiger charge is -2.07. The minimum absolute atomic E-state index is 0.158. The van der Waals surface area contributed by atoms with E-state index in [1.165, 1.54) is 35.2 Å². The van der Waals surface area contributed by atoms with Crippen LogP contribution in [0.4, 0.5) is 10.1 Å². The molecule has 0 spiro atoms. The van der Waals surface area contributed by atoms with Crippen molar-refractivity contribution in [3.8, 4) is 0 Å². The Balaban J connectivity index is 2.04. The maximum Gasteiger partial charge on any atom is 0.253 e. The molecule has 6 heteroatoms. The first-order valence-corrected chi connectivity index (χ1v) is 6.69. The van der Waals surface area contributed by atoms with E-state index in [1.807, 2.05) is 6.92 Å². The predicted octanol–water partition coefficient (Wildman–Crippen LogP) is 1.97. The fourth-order valence-corrected chi connectivity index (χ4v) is 1.90. The van der Waals surface area contributed by atoms with Crippen LogP contribution in [0.25, 0.3) is 0 Å². The molecule has 1 amide bonds. The van der Waals surface area contributed by atoms with Gasteiger partial charge in [0.2, 0.25) is 5.91 Å². The van der Waals surface area contributed by atoms with Crippen LogP contribution in [0.3, 0.4) is 0 Å². The monoisotopic (exact) mass is 289 g/mol. The molecular formula is C15H16FN3O2. The third-order valence-corrected chi connectivity index (χ3v) is 2.86. The summed E-state index contributed by atoms with van der Waals surface area (Å²) in [5, 5.41) is 2.53. The summed E-state index contributed by atoms with van der Waals surface area (Å²) in [7, 11) is 0. The van der Waals surface area contributed by atoms with E-state index >= 15 is 0 Å². The number of anilines is 1. The highest BCUT2D eigenvalue weighted by Gasteiger charge is 2.06. The van der Waals surface area contributed by atoms with Crippen molar-refractivity contribution in [3.05, 3.63) is 58.5 Å². The van der Waals surface area contributed by atoms with Gasteiger partial charge in [0.1, 0.15) is 12.4 Å². The number of benzene rings is 1. The second-order valence-electron chi connectivity index (χ2n) is 4.65. The SMILES string of the molecule is CCCc1cc(=O)n(CC(=O)Nc2cccc(F)c2)cn1. The number of carbonyl (C=O) groups is 1. The van der Waals surface area contributed by atoms with Gasteiger partial charge >= 0.3 is 0 Å². The van der Waals surface area contributed by atoms with Crippen LogP contribution in [0, 0.1) is 5.82 Å². The van der Waals surface area contributed by atoms with Crippen LogP contribution in [0.15, 0.2) is 41.5 Å². The lowest BCUT2D eigenvalue weighted by molar-refractivity contribution is -0.116. The molecule has 21 heavy (non-hydrogen) atoms. The number of halogens is 1. The van der Waals surface area contributed by atoms with Gasteiger partial charge in [0.25, 0.3) is 5.56 Å². The maximum absolute atomic E-state index is 13.0. The Labute approximate surface area is 121 Å². The first-order valence-electron chi connectivity index (χ1n) is 6.69. The van der Waals surface area contributed by atoms with E-state index in [0.29, 0.717) is 11.4 Å². The van der Waals surface area contributed by atoms with E-state index < -0.39 is 11.7 Å². The predicted molar refractivity (Wildman–Crippen MR) is 77.5 cm³/mol. The van der Waals surface area contributed by atoms with Crippen LogP contribution in [-0.4, -0.2) is 15.5 Å². The molecule has 0 unspecified atom stereocenters. The van der Waals surface area contributed by atoms with Crippen molar-refractivity contribution in [2.24, 2.45) is 0 Å². The molecule has 0 atom stereocenters. The summed E-state index contributed by atoms with van der Waals surface area (Å²) in [4.78, 5) is 27.8. The number of hydrogen-bond donors (Lipinski definition) is 1. The third kappa shape index (κ3) is 4.24. The first-order chi connectivity index (χ1) is 10.1. The van der Waals surface area contributed by atoms with Crippen LogP contribution in [0.2, 0.25) is 0 Å². The van der Waals surface area contributed by atoms with E-state index in [9.17, 15) is 14.0 Å². The van der Waals surface area contributed by atoms with E-state index in [4.69, 9.17) is 0 Å². The average molecular weight is 289 g/mol. The number of nitrogens with zero attached hydrogens (tertiary/aromatic N) is 2. The molecule has 1 heterocycles. The van der Waals surface area contributed by atoms with Gasteiger partial charge in [-0.1, -0.05) is 19.4 Å². The Bertz CT molecular complexity index is 697. The smallest absolute Gasteiger partial charge is 0.253 e. The number of rotatable bonds is 5. The molecular weight excluding hydrogens is 273 g/mol. The van der Waals surface area contributed by atoms with E-state index in [1.54, 1.807) is 6.07 Å². The quantitative estimate of drug-likeness (QED) is 0.915. The summed E-state index contributed by atoms with van der Waals surface area (Å²) >= 11 is 0. The van der Waals surface area contributed by atoms with Gasteiger partial charge in [-0.3, -0.25) is 14.2 Å². The van der Waals surface area contributed by atoms with Gasteiger partial charge in [0, 0.05) is 17.4 Å². The summed E-state index contributed by atoms with van der Waals surface area (Å²) in [5.41, 5.74) is 0.788.